The fourth-order valence-corrected chi connectivity index (χ4v) is 3.71. The molecule has 0 N–H and O–H groups in total. The van der Waals surface area contributed by atoms with E-state index in [2.05, 4.69) is 12.0 Å². The molecule has 1 aromatic carbocycles. The highest BCUT2D eigenvalue weighted by molar-refractivity contribution is 5.94. The second kappa shape index (κ2) is 7.92. The average Bonchev–Trinajstić information content (AvgIpc) is 3.38. The molecule has 1 amide bonds. The summed E-state index contributed by atoms with van der Waals surface area (Å²) < 4.78 is 7.64. The molecule has 4 rings (SSSR count). The molecule has 1 aliphatic rings. The Labute approximate surface area is 159 Å². The molecule has 3 aromatic rings. The van der Waals surface area contributed by atoms with Crippen LogP contribution in [0.2, 0.25) is 0 Å². The molecule has 5 heteroatoms. The summed E-state index contributed by atoms with van der Waals surface area (Å²) in [5.74, 6) is 0.0798. The Balaban J connectivity index is 1.55. The fraction of sp³-hybridized carbons (Fsp3) is 0.364. The van der Waals surface area contributed by atoms with E-state index >= 15 is 0 Å². The maximum absolute atomic E-state index is 13.0. The zero-order valence-corrected chi connectivity index (χ0v) is 15.7. The molecule has 1 atom stereocenters. The number of aromatic nitrogens is 2. The van der Waals surface area contributed by atoms with Crippen LogP contribution in [-0.4, -0.2) is 46.2 Å². The number of hydrogen-bond acceptors (Lipinski definition) is 3. The summed E-state index contributed by atoms with van der Waals surface area (Å²) in [6.07, 6.45) is 5.05. The molecule has 0 aliphatic carbocycles. The topological polar surface area (TPSA) is 46.8 Å². The van der Waals surface area contributed by atoms with Crippen LogP contribution in [0.5, 0.6) is 0 Å². The van der Waals surface area contributed by atoms with E-state index in [0.717, 1.165) is 54.8 Å². The molecule has 1 fully saturated rings. The summed E-state index contributed by atoms with van der Waals surface area (Å²) in [5, 5.41) is 4.39. The van der Waals surface area contributed by atoms with Crippen molar-refractivity contribution in [2.24, 2.45) is 0 Å². The molecule has 0 bridgehead atoms. The minimum Gasteiger partial charge on any atom is -0.376 e. The number of benzene rings is 1. The average molecular weight is 363 g/mol. The lowest BCUT2D eigenvalue weighted by atomic mass is 10.1. The zero-order valence-electron chi connectivity index (χ0n) is 15.7. The van der Waals surface area contributed by atoms with Crippen LogP contribution in [0.1, 0.15) is 36.5 Å². The highest BCUT2D eigenvalue weighted by atomic mass is 16.5. The standard InChI is InChI=1S/C22H25N3O2/c1-2-14-24(16-20-6-4-15-27-20)22(26)18-10-8-17(9-11-18)21-7-3-5-19-12-13-23-25(19)21/h3,5,7-13,20H,2,4,6,14-16H2,1H3. The van der Waals surface area contributed by atoms with Crippen molar-refractivity contribution < 1.29 is 9.53 Å². The first-order valence-electron chi connectivity index (χ1n) is 9.70. The molecule has 5 nitrogen and oxygen atoms in total. The Morgan fingerprint density at radius 3 is 2.81 bits per heavy atom. The first kappa shape index (κ1) is 17.7. The van der Waals surface area contributed by atoms with Crippen molar-refractivity contribution in [1.29, 1.82) is 0 Å². The van der Waals surface area contributed by atoms with E-state index in [-0.39, 0.29) is 12.0 Å². The van der Waals surface area contributed by atoms with Crippen LogP contribution in [0.4, 0.5) is 0 Å². The van der Waals surface area contributed by atoms with Gasteiger partial charge in [0.25, 0.3) is 5.91 Å². The Morgan fingerprint density at radius 2 is 2.07 bits per heavy atom. The van der Waals surface area contributed by atoms with Gasteiger partial charge in [-0.05, 0) is 49.6 Å². The van der Waals surface area contributed by atoms with E-state index in [4.69, 9.17) is 4.74 Å². The summed E-state index contributed by atoms with van der Waals surface area (Å²) in [7, 11) is 0. The van der Waals surface area contributed by atoms with E-state index < -0.39 is 0 Å². The van der Waals surface area contributed by atoms with Gasteiger partial charge in [0.2, 0.25) is 0 Å². The van der Waals surface area contributed by atoms with Gasteiger partial charge in [0.15, 0.2) is 0 Å². The van der Waals surface area contributed by atoms with E-state index in [9.17, 15) is 4.79 Å². The van der Waals surface area contributed by atoms with Crippen LogP contribution in [0, 0.1) is 0 Å². The number of ether oxygens (including phenoxy) is 1. The lowest BCUT2D eigenvalue weighted by Gasteiger charge is -2.25. The van der Waals surface area contributed by atoms with E-state index in [1.807, 2.05) is 57.9 Å². The van der Waals surface area contributed by atoms with Gasteiger partial charge >= 0.3 is 0 Å². The van der Waals surface area contributed by atoms with Gasteiger partial charge in [-0.3, -0.25) is 4.79 Å². The Kier molecular flexibility index (Phi) is 5.21. The second-order valence-electron chi connectivity index (χ2n) is 7.04. The normalized spacial score (nSPS) is 16.7. The third kappa shape index (κ3) is 3.74. The first-order chi connectivity index (χ1) is 13.3. The molecule has 3 heterocycles. The van der Waals surface area contributed by atoms with Gasteiger partial charge in [0, 0.05) is 30.8 Å². The maximum atomic E-state index is 13.0. The molecule has 1 aliphatic heterocycles. The lowest BCUT2D eigenvalue weighted by Crippen LogP contribution is -2.37. The molecule has 2 aromatic heterocycles. The van der Waals surface area contributed by atoms with Crippen molar-refractivity contribution in [3.05, 3.63) is 60.3 Å². The number of amides is 1. The Morgan fingerprint density at radius 1 is 1.22 bits per heavy atom. The highest BCUT2D eigenvalue weighted by Crippen LogP contribution is 2.22. The third-order valence-electron chi connectivity index (χ3n) is 5.08. The van der Waals surface area contributed by atoms with Crippen molar-refractivity contribution in [3.63, 3.8) is 0 Å². The van der Waals surface area contributed by atoms with Crippen LogP contribution >= 0.6 is 0 Å². The summed E-state index contributed by atoms with van der Waals surface area (Å²) in [4.78, 5) is 14.9. The zero-order chi connectivity index (χ0) is 18.6. The first-order valence-corrected chi connectivity index (χ1v) is 9.70. The van der Waals surface area contributed by atoms with E-state index in [0.29, 0.717) is 6.54 Å². The number of nitrogens with zero attached hydrogens (tertiary/aromatic N) is 3. The quantitative estimate of drug-likeness (QED) is 0.664. The molecule has 1 unspecified atom stereocenters. The minimum atomic E-state index is 0.0798. The molecule has 0 radical (unpaired) electrons. The van der Waals surface area contributed by atoms with Gasteiger partial charge in [-0.15, -0.1) is 0 Å². The SMILES string of the molecule is CCCN(CC1CCCO1)C(=O)c1ccc(-c2cccc3ccnn23)cc1. The van der Waals surface area contributed by atoms with Gasteiger partial charge in [0.05, 0.1) is 23.5 Å². The number of pyridine rings is 1. The second-order valence-corrected chi connectivity index (χ2v) is 7.04. The van der Waals surface area contributed by atoms with Gasteiger partial charge in [-0.2, -0.15) is 5.10 Å². The Hall–Kier alpha value is -2.66. The lowest BCUT2D eigenvalue weighted by molar-refractivity contribution is 0.0526. The number of carbonyl (C=O) groups is 1. The third-order valence-corrected chi connectivity index (χ3v) is 5.08. The van der Waals surface area contributed by atoms with Gasteiger partial charge < -0.3 is 9.64 Å². The number of hydrogen-bond donors (Lipinski definition) is 0. The molecular formula is C22H25N3O2. The molecule has 0 spiro atoms. The maximum Gasteiger partial charge on any atom is 0.253 e. The minimum absolute atomic E-state index is 0.0798. The summed E-state index contributed by atoms with van der Waals surface area (Å²) in [6, 6.07) is 15.9. The number of rotatable bonds is 6. The Bertz CT molecular complexity index is 911. The highest BCUT2D eigenvalue weighted by Gasteiger charge is 2.23. The summed E-state index contributed by atoms with van der Waals surface area (Å²) in [5.41, 5.74) is 3.83. The van der Waals surface area contributed by atoms with Crippen LogP contribution < -0.4 is 0 Å². The smallest absolute Gasteiger partial charge is 0.253 e. The number of carbonyl (C=O) groups excluding carboxylic acids is 1. The van der Waals surface area contributed by atoms with Crippen molar-refractivity contribution in [3.8, 4) is 11.3 Å². The van der Waals surface area contributed by atoms with Crippen LogP contribution in [0.3, 0.4) is 0 Å². The van der Waals surface area contributed by atoms with Crippen LogP contribution in [0.25, 0.3) is 16.8 Å². The summed E-state index contributed by atoms with van der Waals surface area (Å²) >= 11 is 0. The summed E-state index contributed by atoms with van der Waals surface area (Å²) in [6.45, 7) is 4.35. The molecule has 0 saturated carbocycles. The van der Waals surface area contributed by atoms with Gasteiger partial charge in [-0.1, -0.05) is 25.1 Å². The van der Waals surface area contributed by atoms with Crippen molar-refractivity contribution in [2.75, 3.05) is 19.7 Å². The monoisotopic (exact) mass is 363 g/mol. The van der Waals surface area contributed by atoms with Crippen LogP contribution in [0.15, 0.2) is 54.7 Å². The van der Waals surface area contributed by atoms with Gasteiger partial charge in [0.1, 0.15) is 0 Å². The van der Waals surface area contributed by atoms with Crippen LogP contribution in [-0.2, 0) is 4.74 Å². The number of fused-ring (bicyclic) bond motifs is 1. The van der Waals surface area contributed by atoms with Gasteiger partial charge in [-0.25, -0.2) is 4.52 Å². The molecule has 1 saturated heterocycles. The fourth-order valence-electron chi connectivity index (χ4n) is 3.71. The predicted molar refractivity (Wildman–Crippen MR) is 106 cm³/mol. The van der Waals surface area contributed by atoms with Crippen molar-refractivity contribution in [2.45, 2.75) is 32.3 Å². The van der Waals surface area contributed by atoms with E-state index in [1.165, 1.54) is 0 Å². The molecular weight excluding hydrogens is 338 g/mol. The van der Waals surface area contributed by atoms with Crippen molar-refractivity contribution >= 4 is 11.4 Å². The molecule has 27 heavy (non-hydrogen) atoms. The predicted octanol–water partition coefficient (Wildman–Crippen LogP) is 4.03. The van der Waals surface area contributed by atoms with Crippen molar-refractivity contribution in [1.82, 2.24) is 14.5 Å². The molecule has 140 valence electrons. The largest absolute Gasteiger partial charge is 0.376 e. The van der Waals surface area contributed by atoms with E-state index in [1.54, 1.807) is 6.20 Å².